The zero-order valence-corrected chi connectivity index (χ0v) is 40.8. The largest absolute Gasteiger partial charge is 0.371 e. The molecule has 4 aromatic carbocycles. The fraction of sp³-hybridized carbons (Fsp3) is 0.452. The predicted molar refractivity (Wildman–Crippen MR) is 286 cm³/mol. The van der Waals surface area contributed by atoms with E-state index in [2.05, 4.69) is 142 Å². The van der Waals surface area contributed by atoms with Gasteiger partial charge in [0.1, 0.15) is 17.7 Å². The molecule has 0 unspecified atom stereocenters. The normalized spacial score (nSPS) is 11.6. The summed E-state index contributed by atoms with van der Waals surface area (Å²) in [5.41, 5.74) is 9.30. The summed E-state index contributed by atoms with van der Waals surface area (Å²) in [6.45, 7) is 11.7. The van der Waals surface area contributed by atoms with Crippen LogP contribution in [0.5, 0.6) is 0 Å². The third kappa shape index (κ3) is 21.4. The minimum Gasteiger partial charge on any atom is -0.371 e. The average molecular weight is 868 g/mol. The monoisotopic (exact) mass is 868 g/mol. The standard InChI is InChI=1S/C62H81N3/c1-5-9-13-17-21-59(22-18-14-10-6-2)50-65(51-60(23-19-15-11-7-3)24-20-16-12-8-4)62-45-43-57(44-46-62)38-37-55-33-31-53(32-34-55)26-25-52-27-29-54(30-28-52)35-36-56-39-41-58(42-40-56)47-61(48-63)49-64/h25-47,59-60H,5-24,50-51H2,1-4H3/b26-25+,36-35+,38-37+. The van der Waals surface area contributed by atoms with Crippen molar-refractivity contribution in [1.29, 1.82) is 10.5 Å². The molecule has 4 aromatic rings. The second kappa shape index (κ2) is 32.3. The molecule has 0 radical (unpaired) electrons. The van der Waals surface area contributed by atoms with Crippen LogP contribution in [0.3, 0.4) is 0 Å². The topological polar surface area (TPSA) is 50.8 Å². The highest BCUT2D eigenvalue weighted by molar-refractivity contribution is 5.75. The lowest BCUT2D eigenvalue weighted by molar-refractivity contribution is 0.368. The van der Waals surface area contributed by atoms with E-state index in [4.69, 9.17) is 10.5 Å². The summed E-state index contributed by atoms with van der Waals surface area (Å²) in [6.07, 6.45) is 41.8. The van der Waals surface area contributed by atoms with E-state index in [1.165, 1.54) is 164 Å². The first-order valence-electron chi connectivity index (χ1n) is 25.7. The number of hydrogen-bond acceptors (Lipinski definition) is 3. The maximum absolute atomic E-state index is 9.00. The average Bonchev–Trinajstić information content (AvgIpc) is 3.34. The van der Waals surface area contributed by atoms with Crippen LogP contribution in [0.25, 0.3) is 42.5 Å². The molecule has 0 heterocycles. The van der Waals surface area contributed by atoms with Crippen LogP contribution in [0.1, 0.15) is 195 Å². The summed E-state index contributed by atoms with van der Waals surface area (Å²) < 4.78 is 0. The molecule has 0 saturated carbocycles. The zero-order valence-electron chi connectivity index (χ0n) is 40.8. The van der Waals surface area contributed by atoms with Crippen LogP contribution in [-0.4, -0.2) is 13.1 Å². The first-order chi connectivity index (χ1) is 32.0. The third-order valence-electron chi connectivity index (χ3n) is 12.8. The molecule has 3 heteroatoms. The van der Waals surface area contributed by atoms with Crippen LogP contribution in [0.15, 0.2) is 103 Å². The highest BCUT2D eigenvalue weighted by atomic mass is 15.1. The first-order valence-corrected chi connectivity index (χ1v) is 25.7. The maximum atomic E-state index is 9.00. The Morgan fingerprint density at radius 3 is 0.908 bits per heavy atom. The van der Waals surface area contributed by atoms with Gasteiger partial charge in [0, 0.05) is 18.8 Å². The Morgan fingerprint density at radius 2 is 0.646 bits per heavy atom. The summed E-state index contributed by atoms with van der Waals surface area (Å²) >= 11 is 0. The third-order valence-corrected chi connectivity index (χ3v) is 12.8. The van der Waals surface area contributed by atoms with Crippen molar-refractivity contribution in [3.05, 3.63) is 142 Å². The second-order valence-electron chi connectivity index (χ2n) is 18.4. The Morgan fingerprint density at radius 1 is 0.385 bits per heavy atom. The highest BCUT2D eigenvalue weighted by Crippen LogP contribution is 2.28. The van der Waals surface area contributed by atoms with Crippen molar-refractivity contribution in [2.45, 2.75) is 156 Å². The summed E-state index contributed by atoms with van der Waals surface area (Å²) in [5.74, 6) is 1.54. The Labute approximate surface area is 396 Å². The van der Waals surface area contributed by atoms with E-state index in [1.807, 2.05) is 36.4 Å². The van der Waals surface area contributed by atoms with Gasteiger partial charge in [-0.3, -0.25) is 0 Å². The van der Waals surface area contributed by atoms with Crippen LogP contribution in [0, 0.1) is 34.5 Å². The van der Waals surface area contributed by atoms with Crippen LogP contribution in [0.2, 0.25) is 0 Å². The number of benzene rings is 4. The molecule has 0 aliphatic rings. The fourth-order valence-electron chi connectivity index (χ4n) is 8.77. The molecule has 0 fully saturated rings. The van der Waals surface area contributed by atoms with Gasteiger partial charge in [0.05, 0.1) is 0 Å². The van der Waals surface area contributed by atoms with Gasteiger partial charge in [-0.15, -0.1) is 0 Å². The minimum absolute atomic E-state index is 0.102. The van der Waals surface area contributed by atoms with Crippen molar-refractivity contribution in [2.75, 3.05) is 18.0 Å². The Balaban J connectivity index is 1.40. The van der Waals surface area contributed by atoms with Gasteiger partial charge in [0.2, 0.25) is 0 Å². The van der Waals surface area contributed by atoms with Gasteiger partial charge in [0.15, 0.2) is 0 Å². The van der Waals surface area contributed by atoms with E-state index >= 15 is 0 Å². The highest BCUT2D eigenvalue weighted by Gasteiger charge is 2.19. The number of unbranched alkanes of at least 4 members (excludes halogenated alkanes) is 12. The van der Waals surface area contributed by atoms with E-state index in [0.29, 0.717) is 0 Å². The van der Waals surface area contributed by atoms with Gasteiger partial charge in [-0.2, -0.15) is 10.5 Å². The number of anilines is 1. The summed E-state index contributed by atoms with van der Waals surface area (Å²) in [7, 11) is 0. The van der Waals surface area contributed by atoms with Crippen LogP contribution in [-0.2, 0) is 0 Å². The van der Waals surface area contributed by atoms with Gasteiger partial charge in [-0.1, -0.05) is 252 Å². The molecule has 0 aliphatic heterocycles. The first kappa shape index (κ1) is 52.2. The minimum atomic E-state index is 0.102. The lowest BCUT2D eigenvalue weighted by atomic mass is 9.91. The van der Waals surface area contributed by atoms with Crippen LogP contribution in [0.4, 0.5) is 5.69 Å². The molecule has 3 nitrogen and oxygen atoms in total. The van der Waals surface area contributed by atoms with Crippen molar-refractivity contribution in [1.82, 2.24) is 0 Å². The van der Waals surface area contributed by atoms with Crippen molar-refractivity contribution in [3.63, 3.8) is 0 Å². The van der Waals surface area contributed by atoms with E-state index in [0.717, 1.165) is 34.1 Å². The van der Waals surface area contributed by atoms with Gasteiger partial charge in [0.25, 0.3) is 0 Å². The van der Waals surface area contributed by atoms with Crippen molar-refractivity contribution >= 4 is 48.2 Å². The molecule has 0 aliphatic carbocycles. The van der Waals surface area contributed by atoms with Crippen molar-refractivity contribution in [2.24, 2.45) is 11.8 Å². The van der Waals surface area contributed by atoms with Gasteiger partial charge in [-0.05, 0) is 94.7 Å². The fourth-order valence-corrected chi connectivity index (χ4v) is 8.77. The molecule has 0 N–H and O–H groups in total. The zero-order chi connectivity index (χ0) is 46.2. The number of nitrogens with zero attached hydrogens (tertiary/aromatic N) is 3. The van der Waals surface area contributed by atoms with E-state index in [1.54, 1.807) is 6.08 Å². The SMILES string of the molecule is CCCCCCC(CCCCCC)CN(CC(CCCCCC)CCCCCC)c1ccc(/C=C/c2ccc(/C=C/c3ccc(/C=C/c4ccc(C=C(C#N)C#N)cc4)cc3)cc2)cc1. The number of rotatable bonds is 32. The molecular formula is C62H81N3. The lowest BCUT2D eigenvalue weighted by Gasteiger charge is -2.33. The maximum Gasteiger partial charge on any atom is 0.130 e. The summed E-state index contributed by atoms with van der Waals surface area (Å²) in [4.78, 5) is 2.83. The van der Waals surface area contributed by atoms with Crippen LogP contribution < -0.4 is 4.90 Å². The molecule has 4 rings (SSSR count). The molecular weight excluding hydrogens is 787 g/mol. The van der Waals surface area contributed by atoms with E-state index in [9.17, 15) is 0 Å². The lowest BCUT2D eigenvalue weighted by Crippen LogP contribution is -2.34. The molecule has 0 saturated heterocycles. The molecule has 344 valence electrons. The smallest absolute Gasteiger partial charge is 0.130 e. The molecule has 0 spiro atoms. The van der Waals surface area contributed by atoms with Crippen molar-refractivity contribution < 1.29 is 0 Å². The molecule has 0 amide bonds. The Bertz CT molecular complexity index is 2000. The molecule has 0 aromatic heterocycles. The van der Waals surface area contributed by atoms with Crippen molar-refractivity contribution in [3.8, 4) is 12.1 Å². The van der Waals surface area contributed by atoms with E-state index in [-0.39, 0.29) is 5.57 Å². The molecule has 0 bridgehead atoms. The number of nitriles is 2. The molecule has 65 heavy (non-hydrogen) atoms. The second-order valence-corrected chi connectivity index (χ2v) is 18.4. The Hall–Kier alpha value is -5.38. The number of allylic oxidation sites excluding steroid dienone is 1. The van der Waals surface area contributed by atoms with Crippen LogP contribution >= 0.6 is 0 Å². The van der Waals surface area contributed by atoms with Gasteiger partial charge < -0.3 is 4.90 Å². The number of hydrogen-bond donors (Lipinski definition) is 0. The Kier molecular flexibility index (Phi) is 26.0. The quantitative estimate of drug-likeness (QED) is 0.0279. The van der Waals surface area contributed by atoms with E-state index < -0.39 is 0 Å². The van der Waals surface area contributed by atoms with Gasteiger partial charge >= 0.3 is 0 Å². The molecule has 0 atom stereocenters. The van der Waals surface area contributed by atoms with Gasteiger partial charge in [-0.25, -0.2) is 0 Å². The summed E-state index contributed by atoms with van der Waals surface area (Å²) in [5, 5.41) is 18.0. The summed E-state index contributed by atoms with van der Waals surface area (Å²) in [6, 6.07) is 38.5. The predicted octanol–water partition coefficient (Wildman–Crippen LogP) is 18.5.